The molecule has 1 unspecified atom stereocenters. The highest BCUT2D eigenvalue weighted by Gasteiger charge is 2.32. The van der Waals surface area contributed by atoms with Crippen LogP contribution in [0.4, 0.5) is 15.8 Å². The van der Waals surface area contributed by atoms with E-state index in [9.17, 15) is 9.18 Å². The van der Waals surface area contributed by atoms with Crippen LogP contribution in [-0.4, -0.2) is 29.9 Å². The number of anilines is 2. The summed E-state index contributed by atoms with van der Waals surface area (Å²) in [5, 5.41) is 2.75. The summed E-state index contributed by atoms with van der Waals surface area (Å²) in [6, 6.07) is 4.50. The van der Waals surface area contributed by atoms with Crippen LogP contribution in [0.2, 0.25) is 0 Å². The summed E-state index contributed by atoms with van der Waals surface area (Å²) in [7, 11) is 1.95. The topological polar surface area (TPSA) is 58.4 Å². The van der Waals surface area contributed by atoms with Gasteiger partial charge in [0.15, 0.2) is 0 Å². The minimum absolute atomic E-state index is 0.0380. The van der Waals surface area contributed by atoms with Gasteiger partial charge in [-0.3, -0.25) is 9.69 Å². The van der Waals surface area contributed by atoms with Crippen LogP contribution in [0.3, 0.4) is 0 Å². The number of rotatable bonds is 4. The Hall–Kier alpha value is -1.62. The minimum Gasteiger partial charge on any atom is -0.396 e. The number of carbonyl (C=O) groups excluding carboxylic acids is 1. The predicted molar refractivity (Wildman–Crippen MR) is 69.7 cm³/mol. The minimum atomic E-state index is -0.476. The smallest absolute Gasteiger partial charge is 0.241 e. The van der Waals surface area contributed by atoms with Gasteiger partial charge in [0.1, 0.15) is 5.82 Å². The fraction of sp³-hybridized carbons (Fsp3) is 0.462. The third kappa shape index (κ3) is 2.79. The van der Waals surface area contributed by atoms with Gasteiger partial charge in [-0.1, -0.05) is 0 Å². The van der Waals surface area contributed by atoms with E-state index in [1.807, 2.05) is 14.0 Å². The third-order valence-corrected chi connectivity index (χ3v) is 3.38. The van der Waals surface area contributed by atoms with Gasteiger partial charge in [-0.05, 0) is 45.0 Å². The van der Waals surface area contributed by atoms with E-state index in [1.54, 1.807) is 0 Å². The van der Waals surface area contributed by atoms with E-state index in [2.05, 4.69) is 10.2 Å². The maximum absolute atomic E-state index is 13.0. The number of hydrogen-bond acceptors (Lipinski definition) is 3. The molecule has 0 spiro atoms. The van der Waals surface area contributed by atoms with Crippen molar-refractivity contribution >= 4 is 17.3 Å². The van der Waals surface area contributed by atoms with Crippen molar-refractivity contribution in [2.45, 2.75) is 31.8 Å². The molecule has 1 aliphatic rings. The highest BCUT2D eigenvalue weighted by Crippen LogP contribution is 2.27. The molecule has 3 N–H and O–H groups in total. The molecule has 0 aromatic heterocycles. The van der Waals surface area contributed by atoms with Gasteiger partial charge in [0.05, 0.1) is 11.7 Å². The number of nitrogens with two attached hydrogens (primary N) is 1. The molecule has 2 rings (SSSR count). The van der Waals surface area contributed by atoms with Crippen molar-refractivity contribution in [3.63, 3.8) is 0 Å². The Morgan fingerprint density at radius 2 is 2.22 bits per heavy atom. The van der Waals surface area contributed by atoms with E-state index in [-0.39, 0.29) is 17.6 Å². The summed E-state index contributed by atoms with van der Waals surface area (Å²) in [6.07, 6.45) is 2.30. The fourth-order valence-corrected chi connectivity index (χ4v) is 1.85. The van der Waals surface area contributed by atoms with E-state index in [4.69, 9.17) is 5.73 Å². The molecule has 1 aromatic rings. The van der Waals surface area contributed by atoms with E-state index >= 15 is 0 Å². The molecule has 0 saturated heterocycles. The highest BCUT2D eigenvalue weighted by atomic mass is 19.1. The van der Waals surface area contributed by atoms with Crippen molar-refractivity contribution in [1.29, 1.82) is 0 Å². The summed E-state index contributed by atoms with van der Waals surface area (Å²) in [5.41, 5.74) is 6.01. The molecule has 0 aliphatic heterocycles. The summed E-state index contributed by atoms with van der Waals surface area (Å²) >= 11 is 0. The van der Waals surface area contributed by atoms with Crippen molar-refractivity contribution in [3.05, 3.63) is 24.0 Å². The summed E-state index contributed by atoms with van der Waals surface area (Å²) in [5.74, 6) is -0.577. The molecule has 1 aliphatic carbocycles. The predicted octanol–water partition coefficient (Wildman–Crippen LogP) is 1.83. The molecule has 1 saturated carbocycles. The largest absolute Gasteiger partial charge is 0.396 e. The Labute approximate surface area is 106 Å². The zero-order valence-corrected chi connectivity index (χ0v) is 10.6. The maximum atomic E-state index is 13.0. The van der Waals surface area contributed by atoms with Gasteiger partial charge in [-0.15, -0.1) is 0 Å². The number of amides is 1. The number of hydrogen-bond donors (Lipinski definition) is 2. The number of nitrogens with zero attached hydrogens (tertiary/aromatic N) is 1. The van der Waals surface area contributed by atoms with E-state index in [0.717, 1.165) is 12.8 Å². The number of likely N-dealkylation sites (N-methyl/N-ethyl adjacent to an activating group) is 1. The second-order valence-electron chi connectivity index (χ2n) is 4.80. The Morgan fingerprint density at radius 1 is 1.56 bits per heavy atom. The summed E-state index contributed by atoms with van der Waals surface area (Å²) in [6.45, 7) is 1.86. The first-order valence-corrected chi connectivity index (χ1v) is 6.07. The second kappa shape index (κ2) is 4.94. The van der Waals surface area contributed by atoms with Crippen LogP contribution in [-0.2, 0) is 4.79 Å². The number of carbonyl (C=O) groups is 1. The van der Waals surface area contributed by atoms with Gasteiger partial charge < -0.3 is 11.1 Å². The van der Waals surface area contributed by atoms with E-state index in [0.29, 0.717) is 11.7 Å². The van der Waals surface area contributed by atoms with Gasteiger partial charge in [0.2, 0.25) is 5.91 Å². The van der Waals surface area contributed by atoms with Crippen molar-refractivity contribution in [1.82, 2.24) is 4.90 Å². The van der Waals surface area contributed by atoms with Crippen LogP contribution in [0.1, 0.15) is 19.8 Å². The Morgan fingerprint density at radius 3 is 2.78 bits per heavy atom. The van der Waals surface area contributed by atoms with Crippen LogP contribution in [0.25, 0.3) is 0 Å². The van der Waals surface area contributed by atoms with Crippen molar-refractivity contribution in [3.8, 4) is 0 Å². The average Bonchev–Trinajstić information content (AvgIpc) is 3.16. The lowest BCUT2D eigenvalue weighted by atomic mass is 10.2. The lowest BCUT2D eigenvalue weighted by Crippen LogP contribution is -2.40. The van der Waals surface area contributed by atoms with Crippen molar-refractivity contribution in [2.24, 2.45) is 0 Å². The normalized spacial score (nSPS) is 16.7. The van der Waals surface area contributed by atoms with Crippen LogP contribution < -0.4 is 11.1 Å². The van der Waals surface area contributed by atoms with E-state index in [1.165, 1.54) is 18.2 Å². The first kappa shape index (κ1) is 12.8. The summed E-state index contributed by atoms with van der Waals surface area (Å²) < 4.78 is 13.0. The monoisotopic (exact) mass is 251 g/mol. The molecule has 98 valence electrons. The van der Waals surface area contributed by atoms with Gasteiger partial charge in [-0.25, -0.2) is 4.39 Å². The molecule has 5 heteroatoms. The second-order valence-corrected chi connectivity index (χ2v) is 4.80. The van der Waals surface area contributed by atoms with Gasteiger partial charge in [0.25, 0.3) is 0 Å². The molecular weight excluding hydrogens is 233 g/mol. The van der Waals surface area contributed by atoms with Crippen LogP contribution in [0.5, 0.6) is 0 Å². The average molecular weight is 251 g/mol. The van der Waals surface area contributed by atoms with Crippen LogP contribution in [0.15, 0.2) is 18.2 Å². The highest BCUT2D eigenvalue weighted by molar-refractivity contribution is 5.94. The van der Waals surface area contributed by atoms with Crippen molar-refractivity contribution < 1.29 is 9.18 Å². The lowest BCUT2D eigenvalue weighted by Gasteiger charge is -2.23. The molecular formula is C13H18FN3O. The molecule has 1 amide bonds. The molecule has 0 heterocycles. The zero-order valence-electron chi connectivity index (χ0n) is 10.6. The number of benzene rings is 1. The fourth-order valence-electron chi connectivity index (χ4n) is 1.85. The van der Waals surface area contributed by atoms with E-state index < -0.39 is 5.82 Å². The first-order valence-electron chi connectivity index (χ1n) is 6.07. The van der Waals surface area contributed by atoms with Crippen molar-refractivity contribution in [2.75, 3.05) is 18.1 Å². The standard InChI is InChI=1S/C13H18FN3O/c1-8(17(2)10-4-5-10)13(18)16-9-3-6-11(14)12(15)7-9/h3,6-8,10H,4-5,15H2,1-2H3,(H,16,18). The molecule has 0 bridgehead atoms. The van der Waals surface area contributed by atoms with Crippen LogP contribution in [0, 0.1) is 5.82 Å². The molecule has 1 atom stereocenters. The lowest BCUT2D eigenvalue weighted by molar-refractivity contribution is -0.120. The van der Waals surface area contributed by atoms with Gasteiger partial charge in [-0.2, -0.15) is 0 Å². The quantitative estimate of drug-likeness (QED) is 0.803. The Balaban J connectivity index is 1.99. The number of nitrogen functional groups attached to an aromatic ring is 1. The number of halogens is 1. The Bertz CT molecular complexity index is 460. The third-order valence-electron chi connectivity index (χ3n) is 3.38. The van der Waals surface area contributed by atoms with Gasteiger partial charge >= 0.3 is 0 Å². The molecule has 4 nitrogen and oxygen atoms in total. The maximum Gasteiger partial charge on any atom is 0.241 e. The van der Waals surface area contributed by atoms with Crippen LogP contribution >= 0.6 is 0 Å². The Kier molecular flexibility index (Phi) is 3.52. The molecule has 0 radical (unpaired) electrons. The molecule has 1 fully saturated rings. The molecule has 18 heavy (non-hydrogen) atoms. The molecule has 1 aromatic carbocycles. The number of nitrogens with one attached hydrogen (secondary N) is 1. The van der Waals surface area contributed by atoms with Gasteiger partial charge in [0, 0.05) is 11.7 Å². The SMILES string of the molecule is CC(C(=O)Nc1ccc(F)c(N)c1)N(C)C1CC1. The zero-order chi connectivity index (χ0) is 13.3. The first-order chi connectivity index (χ1) is 8.49. The summed E-state index contributed by atoms with van der Waals surface area (Å²) in [4.78, 5) is 14.1.